The molecular weight excluding hydrogens is 512 g/mol. The van der Waals surface area contributed by atoms with Gasteiger partial charge in [-0.1, -0.05) is 17.7 Å². The number of hydrogen-bond donors (Lipinski definition) is 4. The Morgan fingerprint density at radius 2 is 1.76 bits per heavy atom. The highest BCUT2D eigenvalue weighted by Crippen LogP contribution is 2.26. The fourth-order valence-corrected chi connectivity index (χ4v) is 5.84. The number of amides is 3. The Balaban J connectivity index is 1.46. The van der Waals surface area contributed by atoms with Crippen molar-refractivity contribution in [3.05, 3.63) is 54.1 Å². The third kappa shape index (κ3) is 7.68. The zero-order chi connectivity index (χ0) is 27.7. The summed E-state index contributed by atoms with van der Waals surface area (Å²) in [5, 5.41) is 17.5. The van der Waals surface area contributed by atoms with E-state index in [1.54, 1.807) is 43.5 Å². The molecule has 0 unspecified atom stereocenters. The predicted octanol–water partition coefficient (Wildman–Crippen LogP) is 2.72. The average Bonchev–Trinajstić information content (AvgIpc) is 3.39. The summed E-state index contributed by atoms with van der Waals surface area (Å²) in [6.07, 6.45) is 1.88. The van der Waals surface area contributed by atoms with Crippen LogP contribution in [0.1, 0.15) is 37.7 Å². The molecule has 1 heterocycles. The van der Waals surface area contributed by atoms with Crippen LogP contribution < -0.4 is 20.7 Å². The summed E-state index contributed by atoms with van der Waals surface area (Å²) < 4.78 is 32.4. The molecule has 1 aliphatic heterocycles. The van der Waals surface area contributed by atoms with Crippen molar-refractivity contribution in [2.45, 2.75) is 56.0 Å². The fourth-order valence-electron chi connectivity index (χ4n) is 4.19. The quantitative estimate of drug-likeness (QED) is 0.299. The van der Waals surface area contributed by atoms with E-state index in [-0.39, 0.29) is 17.9 Å². The largest absolute Gasteiger partial charge is 0.497 e. The van der Waals surface area contributed by atoms with Crippen molar-refractivity contribution in [1.29, 1.82) is 0 Å². The Bertz CT molecular complexity index is 1220. The third-order valence-electron chi connectivity index (χ3n) is 6.30. The number of methoxy groups -OCH3 is 1. The van der Waals surface area contributed by atoms with Crippen molar-refractivity contribution in [3.63, 3.8) is 0 Å². The number of unbranched alkanes of at least 4 members (excludes halogenated alkanes) is 1. The number of sulfonamides is 1. The first-order chi connectivity index (χ1) is 18.1. The van der Waals surface area contributed by atoms with E-state index < -0.39 is 40.0 Å². The van der Waals surface area contributed by atoms with Crippen molar-refractivity contribution in [3.8, 4) is 5.75 Å². The monoisotopic (exact) mass is 546 g/mol. The lowest BCUT2D eigenvalue weighted by Crippen LogP contribution is -2.50. The number of carbonyl (C=O) groups excluding carboxylic acids is 2. The van der Waals surface area contributed by atoms with Crippen LogP contribution in [0.15, 0.2) is 53.4 Å². The van der Waals surface area contributed by atoms with Gasteiger partial charge in [-0.05, 0) is 75.4 Å². The maximum atomic E-state index is 13.1. The lowest BCUT2D eigenvalue weighted by molar-refractivity contribution is -0.142. The summed E-state index contributed by atoms with van der Waals surface area (Å²) in [6, 6.07) is 10.7. The molecule has 0 aliphatic carbocycles. The van der Waals surface area contributed by atoms with E-state index in [2.05, 4.69) is 16.0 Å². The highest BCUT2D eigenvalue weighted by Gasteiger charge is 2.40. The van der Waals surface area contributed by atoms with Crippen molar-refractivity contribution >= 4 is 33.6 Å². The number of ether oxygens (including phenoxy) is 1. The van der Waals surface area contributed by atoms with Crippen LogP contribution in [0.5, 0.6) is 5.75 Å². The molecule has 2 aromatic rings. The molecule has 12 heteroatoms. The Morgan fingerprint density at radius 3 is 2.39 bits per heavy atom. The second-order valence-corrected chi connectivity index (χ2v) is 11.0. The Kier molecular flexibility index (Phi) is 10.1. The fraction of sp³-hybridized carbons (Fsp3) is 0.423. The van der Waals surface area contributed by atoms with Gasteiger partial charge in [0.25, 0.3) is 0 Å². The Labute approximate surface area is 222 Å². The molecule has 1 fully saturated rings. The van der Waals surface area contributed by atoms with E-state index in [9.17, 15) is 27.9 Å². The van der Waals surface area contributed by atoms with E-state index >= 15 is 0 Å². The number of nitrogens with zero attached hydrogens (tertiary/aromatic N) is 1. The van der Waals surface area contributed by atoms with Crippen LogP contribution in [0.3, 0.4) is 0 Å². The molecule has 1 aliphatic rings. The molecular formula is C26H34N4O7S. The van der Waals surface area contributed by atoms with Gasteiger partial charge in [0, 0.05) is 18.8 Å². The summed E-state index contributed by atoms with van der Waals surface area (Å²) in [5.41, 5.74) is 1.51. The van der Waals surface area contributed by atoms with Crippen LogP contribution in [0.25, 0.3) is 0 Å². The minimum atomic E-state index is -3.89. The number of carboxylic acids is 1. The van der Waals surface area contributed by atoms with E-state index in [0.717, 1.165) is 9.87 Å². The predicted molar refractivity (Wildman–Crippen MR) is 142 cm³/mol. The SMILES string of the molecule is COc1ccc(NC(=O)NCCCC[C@H](NC(=O)[C@@H]2CCCN2S(=O)(=O)c2ccc(C)cc2)C(=O)O)cc1. The number of nitrogens with one attached hydrogen (secondary N) is 3. The number of urea groups is 1. The van der Waals surface area contributed by atoms with Gasteiger partial charge in [0.2, 0.25) is 15.9 Å². The minimum Gasteiger partial charge on any atom is -0.497 e. The molecule has 3 amide bonds. The summed E-state index contributed by atoms with van der Waals surface area (Å²) in [4.78, 5) is 36.8. The van der Waals surface area contributed by atoms with Crippen LogP contribution in [-0.2, 0) is 19.6 Å². The molecule has 0 saturated carbocycles. The van der Waals surface area contributed by atoms with Crippen LogP contribution in [0.2, 0.25) is 0 Å². The standard InChI is InChI=1S/C26H34N4O7S/c1-18-8-14-21(15-9-18)38(35,36)30-17-5-7-23(30)24(31)29-22(25(32)33)6-3-4-16-27-26(34)28-19-10-12-20(37-2)13-11-19/h8-15,22-23H,3-7,16-17H2,1-2H3,(H,29,31)(H,32,33)(H2,27,28,34)/t22-,23-/m0/s1. The van der Waals surface area contributed by atoms with Gasteiger partial charge < -0.3 is 25.8 Å². The van der Waals surface area contributed by atoms with Crippen LogP contribution in [0.4, 0.5) is 10.5 Å². The van der Waals surface area contributed by atoms with Crippen molar-refractivity contribution in [2.75, 3.05) is 25.5 Å². The van der Waals surface area contributed by atoms with Gasteiger partial charge in [0.1, 0.15) is 17.8 Å². The highest BCUT2D eigenvalue weighted by atomic mass is 32.2. The molecule has 4 N–H and O–H groups in total. The van der Waals surface area contributed by atoms with Gasteiger partial charge in [-0.3, -0.25) is 4.79 Å². The Hall–Kier alpha value is -3.64. The molecule has 0 bridgehead atoms. The van der Waals surface area contributed by atoms with E-state index in [4.69, 9.17) is 4.74 Å². The average molecular weight is 547 g/mol. The molecule has 11 nitrogen and oxygen atoms in total. The molecule has 0 spiro atoms. The van der Waals surface area contributed by atoms with Gasteiger partial charge in [0.15, 0.2) is 0 Å². The first-order valence-electron chi connectivity index (χ1n) is 12.4. The second kappa shape index (κ2) is 13.2. The van der Waals surface area contributed by atoms with Gasteiger partial charge in [-0.15, -0.1) is 0 Å². The van der Waals surface area contributed by atoms with E-state index in [1.807, 2.05) is 6.92 Å². The van der Waals surface area contributed by atoms with Crippen molar-refractivity contribution in [1.82, 2.24) is 14.9 Å². The normalized spacial score (nSPS) is 16.4. The number of hydrogen-bond acceptors (Lipinski definition) is 6. The number of carbonyl (C=O) groups is 3. The van der Waals surface area contributed by atoms with Gasteiger partial charge in [-0.2, -0.15) is 4.31 Å². The van der Waals surface area contributed by atoms with Crippen LogP contribution in [0, 0.1) is 6.92 Å². The highest BCUT2D eigenvalue weighted by molar-refractivity contribution is 7.89. The molecule has 3 rings (SSSR count). The Morgan fingerprint density at radius 1 is 1.08 bits per heavy atom. The molecule has 1 saturated heterocycles. The topological polar surface area (TPSA) is 154 Å². The van der Waals surface area contributed by atoms with E-state index in [1.165, 1.54) is 12.1 Å². The van der Waals surface area contributed by atoms with Gasteiger partial charge >= 0.3 is 12.0 Å². The summed E-state index contributed by atoms with van der Waals surface area (Å²) in [5.74, 6) is -1.15. The molecule has 0 aromatic heterocycles. The summed E-state index contributed by atoms with van der Waals surface area (Å²) in [6.45, 7) is 2.35. The third-order valence-corrected chi connectivity index (χ3v) is 8.22. The summed E-state index contributed by atoms with van der Waals surface area (Å²) >= 11 is 0. The van der Waals surface area contributed by atoms with Crippen molar-refractivity contribution in [2.24, 2.45) is 0 Å². The number of anilines is 1. The molecule has 2 aromatic carbocycles. The molecule has 38 heavy (non-hydrogen) atoms. The number of rotatable bonds is 12. The lowest BCUT2D eigenvalue weighted by atomic mass is 10.1. The second-order valence-electron chi connectivity index (χ2n) is 9.09. The number of aryl methyl sites for hydroxylation is 1. The first-order valence-corrected chi connectivity index (χ1v) is 13.9. The van der Waals surface area contributed by atoms with Crippen LogP contribution in [-0.4, -0.2) is 68.0 Å². The van der Waals surface area contributed by atoms with E-state index in [0.29, 0.717) is 43.7 Å². The number of benzene rings is 2. The molecule has 2 atom stereocenters. The number of carboxylic acid groups (broad SMARTS) is 1. The lowest BCUT2D eigenvalue weighted by Gasteiger charge is -2.25. The summed E-state index contributed by atoms with van der Waals surface area (Å²) in [7, 11) is -2.34. The molecule has 0 radical (unpaired) electrons. The maximum Gasteiger partial charge on any atom is 0.326 e. The van der Waals surface area contributed by atoms with Crippen LogP contribution >= 0.6 is 0 Å². The number of aliphatic carboxylic acids is 1. The molecule has 206 valence electrons. The minimum absolute atomic E-state index is 0.0983. The first kappa shape index (κ1) is 28.9. The van der Waals surface area contributed by atoms with Crippen molar-refractivity contribution < 1.29 is 32.6 Å². The van der Waals surface area contributed by atoms with Gasteiger partial charge in [-0.25, -0.2) is 18.0 Å². The zero-order valence-electron chi connectivity index (χ0n) is 21.5. The van der Waals surface area contributed by atoms with Gasteiger partial charge in [0.05, 0.1) is 12.0 Å². The smallest absolute Gasteiger partial charge is 0.326 e. The maximum absolute atomic E-state index is 13.1. The zero-order valence-corrected chi connectivity index (χ0v) is 22.3.